The van der Waals surface area contributed by atoms with Gasteiger partial charge in [0.15, 0.2) is 9.84 Å². The Labute approximate surface area is 180 Å². The Morgan fingerprint density at radius 3 is 2.23 bits per heavy atom. The van der Waals surface area contributed by atoms with Crippen molar-refractivity contribution in [1.29, 1.82) is 0 Å². The minimum Gasteiger partial charge on any atom is -0.508 e. The van der Waals surface area contributed by atoms with Gasteiger partial charge >= 0.3 is 6.18 Å². The first kappa shape index (κ1) is 22.1. The first-order valence-corrected chi connectivity index (χ1v) is 11.1. The van der Waals surface area contributed by atoms with Crippen LogP contribution in [0.4, 0.5) is 13.2 Å². The van der Waals surface area contributed by atoms with Gasteiger partial charge in [0.1, 0.15) is 5.76 Å². The van der Waals surface area contributed by atoms with Crippen LogP contribution in [0.15, 0.2) is 82.7 Å². The van der Waals surface area contributed by atoms with E-state index in [2.05, 4.69) is 22.5 Å². The van der Waals surface area contributed by atoms with E-state index in [-0.39, 0.29) is 21.4 Å². The van der Waals surface area contributed by atoms with Gasteiger partial charge in [0, 0.05) is 10.0 Å². The van der Waals surface area contributed by atoms with Gasteiger partial charge in [-0.15, -0.1) is 0 Å². The predicted molar refractivity (Wildman–Crippen MR) is 114 cm³/mol. The van der Waals surface area contributed by atoms with Crippen LogP contribution in [-0.2, 0) is 21.8 Å². The molecule has 1 N–H and O–H groups in total. The molecular weight excluding hydrogens is 481 g/mol. The lowest BCUT2D eigenvalue weighted by Crippen LogP contribution is -2.11. The molecule has 3 aromatic carbocycles. The molecule has 0 spiro atoms. The molecular formula is C22H16BrF3O3S. The van der Waals surface area contributed by atoms with Crippen molar-refractivity contribution in [2.24, 2.45) is 0 Å². The maximum absolute atomic E-state index is 13.1. The molecule has 0 aliphatic heterocycles. The number of halogens is 4. The molecule has 0 aliphatic rings. The lowest BCUT2D eigenvalue weighted by molar-refractivity contribution is -0.137. The highest BCUT2D eigenvalue weighted by molar-refractivity contribution is 9.10. The molecule has 0 amide bonds. The summed E-state index contributed by atoms with van der Waals surface area (Å²) >= 11 is 2.94. The van der Waals surface area contributed by atoms with Crippen molar-refractivity contribution in [2.75, 3.05) is 0 Å². The predicted octanol–water partition coefficient (Wildman–Crippen LogP) is 6.64. The lowest BCUT2D eigenvalue weighted by Gasteiger charge is -2.14. The topological polar surface area (TPSA) is 54.4 Å². The fraction of sp³-hybridized carbons (Fsp3) is 0.0909. The molecule has 0 atom stereocenters. The first-order chi connectivity index (χ1) is 14.0. The smallest absolute Gasteiger partial charge is 0.416 e. The summed E-state index contributed by atoms with van der Waals surface area (Å²) in [5.74, 6) is -0.930. The SMILES string of the molecule is C=C(O)c1ccc(-c2ccccc2)cc1CS(=O)(=O)c1cc(Br)cc(C(F)(F)F)c1. The van der Waals surface area contributed by atoms with Crippen LogP contribution in [0.1, 0.15) is 16.7 Å². The average Bonchev–Trinajstić information content (AvgIpc) is 2.67. The van der Waals surface area contributed by atoms with Crippen LogP contribution in [0.3, 0.4) is 0 Å². The van der Waals surface area contributed by atoms with Gasteiger partial charge in [-0.2, -0.15) is 13.2 Å². The summed E-state index contributed by atoms with van der Waals surface area (Å²) in [7, 11) is -4.16. The highest BCUT2D eigenvalue weighted by atomic mass is 79.9. The van der Waals surface area contributed by atoms with Crippen LogP contribution in [0.25, 0.3) is 16.9 Å². The maximum atomic E-state index is 13.1. The van der Waals surface area contributed by atoms with E-state index in [1.54, 1.807) is 12.1 Å². The molecule has 3 rings (SSSR count). The molecule has 8 heteroatoms. The van der Waals surface area contributed by atoms with Crippen molar-refractivity contribution < 1.29 is 26.7 Å². The summed E-state index contributed by atoms with van der Waals surface area (Å²) in [6.45, 7) is 3.46. The molecule has 156 valence electrons. The molecule has 0 aromatic heterocycles. The second-order valence-electron chi connectivity index (χ2n) is 6.62. The van der Waals surface area contributed by atoms with Crippen molar-refractivity contribution in [3.8, 4) is 11.1 Å². The number of alkyl halides is 3. The van der Waals surface area contributed by atoms with E-state index < -0.39 is 32.2 Å². The van der Waals surface area contributed by atoms with Gasteiger partial charge in [-0.05, 0) is 41.0 Å². The van der Waals surface area contributed by atoms with Crippen LogP contribution in [0, 0.1) is 0 Å². The Kier molecular flexibility index (Phi) is 6.10. The number of aliphatic hydroxyl groups is 1. The van der Waals surface area contributed by atoms with E-state index in [9.17, 15) is 26.7 Å². The Balaban J connectivity index is 2.08. The Morgan fingerprint density at radius 1 is 0.967 bits per heavy atom. The molecule has 3 aromatic rings. The Morgan fingerprint density at radius 2 is 1.63 bits per heavy atom. The highest BCUT2D eigenvalue weighted by Crippen LogP contribution is 2.34. The molecule has 0 aliphatic carbocycles. The zero-order valence-corrected chi connectivity index (χ0v) is 17.9. The summed E-state index contributed by atoms with van der Waals surface area (Å²) < 4.78 is 65.3. The van der Waals surface area contributed by atoms with Gasteiger partial charge in [0.2, 0.25) is 0 Å². The van der Waals surface area contributed by atoms with Gasteiger partial charge < -0.3 is 5.11 Å². The minimum atomic E-state index is -4.69. The molecule has 0 heterocycles. The van der Waals surface area contributed by atoms with Crippen LogP contribution in [0.5, 0.6) is 0 Å². The van der Waals surface area contributed by atoms with E-state index in [1.807, 2.05) is 30.3 Å². The molecule has 0 bridgehead atoms. The number of hydrogen-bond donors (Lipinski definition) is 1. The molecule has 30 heavy (non-hydrogen) atoms. The average molecular weight is 497 g/mol. The van der Waals surface area contributed by atoms with E-state index in [0.29, 0.717) is 11.6 Å². The lowest BCUT2D eigenvalue weighted by atomic mass is 9.99. The molecule has 0 unspecified atom stereocenters. The van der Waals surface area contributed by atoms with E-state index in [4.69, 9.17) is 0 Å². The van der Waals surface area contributed by atoms with Crippen LogP contribution in [0.2, 0.25) is 0 Å². The second-order valence-corrected chi connectivity index (χ2v) is 9.52. The molecule has 0 saturated heterocycles. The van der Waals surface area contributed by atoms with Crippen molar-refractivity contribution in [2.45, 2.75) is 16.8 Å². The summed E-state index contributed by atoms with van der Waals surface area (Å²) in [5.41, 5.74) is 0.908. The Bertz CT molecular complexity index is 1200. The van der Waals surface area contributed by atoms with Crippen molar-refractivity contribution in [3.63, 3.8) is 0 Å². The third-order valence-corrected chi connectivity index (χ3v) is 6.53. The van der Waals surface area contributed by atoms with Crippen molar-refractivity contribution >= 4 is 31.5 Å². The van der Waals surface area contributed by atoms with Crippen LogP contribution >= 0.6 is 15.9 Å². The van der Waals surface area contributed by atoms with Gasteiger partial charge in [-0.3, -0.25) is 0 Å². The maximum Gasteiger partial charge on any atom is 0.416 e. The zero-order chi connectivity index (χ0) is 22.1. The second kappa shape index (κ2) is 8.28. The van der Waals surface area contributed by atoms with E-state index >= 15 is 0 Å². The minimum absolute atomic E-state index is 0.000674. The summed E-state index contributed by atoms with van der Waals surface area (Å²) in [5, 5.41) is 9.88. The third kappa shape index (κ3) is 4.94. The van der Waals surface area contributed by atoms with Crippen molar-refractivity contribution in [3.05, 3.63) is 94.5 Å². The first-order valence-electron chi connectivity index (χ1n) is 8.64. The number of rotatable bonds is 5. The fourth-order valence-electron chi connectivity index (χ4n) is 3.00. The molecule has 3 nitrogen and oxygen atoms in total. The number of aliphatic hydroxyl groups excluding tert-OH is 1. The zero-order valence-electron chi connectivity index (χ0n) is 15.4. The van der Waals surface area contributed by atoms with Gasteiger partial charge in [0.05, 0.1) is 16.2 Å². The quantitative estimate of drug-likeness (QED) is 0.403. The Hall–Kier alpha value is -2.58. The molecule has 0 fully saturated rings. The summed E-state index contributed by atoms with van der Waals surface area (Å²) in [6.07, 6.45) is -4.69. The normalized spacial score (nSPS) is 12.0. The highest BCUT2D eigenvalue weighted by Gasteiger charge is 2.32. The monoisotopic (exact) mass is 496 g/mol. The van der Waals surface area contributed by atoms with E-state index in [1.165, 1.54) is 6.07 Å². The number of benzene rings is 3. The summed E-state index contributed by atoms with van der Waals surface area (Å²) in [6, 6.07) is 16.5. The summed E-state index contributed by atoms with van der Waals surface area (Å²) in [4.78, 5) is -0.469. The number of sulfone groups is 1. The largest absolute Gasteiger partial charge is 0.508 e. The van der Waals surface area contributed by atoms with Gasteiger partial charge in [-0.25, -0.2) is 8.42 Å². The van der Waals surface area contributed by atoms with Crippen LogP contribution < -0.4 is 0 Å². The molecule has 0 radical (unpaired) electrons. The third-order valence-electron chi connectivity index (χ3n) is 4.43. The van der Waals surface area contributed by atoms with Gasteiger partial charge in [0.25, 0.3) is 0 Å². The van der Waals surface area contributed by atoms with Crippen LogP contribution in [-0.4, -0.2) is 13.5 Å². The fourth-order valence-corrected chi connectivity index (χ4v) is 5.07. The number of hydrogen-bond acceptors (Lipinski definition) is 3. The standard InChI is InChI=1S/C22H16BrF3O3S/c1-14(27)21-8-7-16(15-5-3-2-4-6-15)9-17(21)13-30(28,29)20-11-18(22(24,25)26)10-19(23)12-20/h2-12,27H,1,13H2. The van der Waals surface area contributed by atoms with E-state index in [0.717, 1.165) is 17.7 Å². The molecule has 0 saturated carbocycles. The van der Waals surface area contributed by atoms with Crippen molar-refractivity contribution in [1.82, 2.24) is 0 Å². The van der Waals surface area contributed by atoms with Gasteiger partial charge in [-0.1, -0.05) is 65.0 Å².